The fourth-order valence-electron chi connectivity index (χ4n) is 3.77. The summed E-state index contributed by atoms with van der Waals surface area (Å²) in [5.41, 5.74) is 4.47. The van der Waals surface area contributed by atoms with Crippen LogP contribution in [-0.4, -0.2) is 30.8 Å². The number of aromatic nitrogens is 1. The molecule has 0 atom stereocenters. The van der Waals surface area contributed by atoms with Gasteiger partial charge in [0.05, 0.1) is 12.3 Å². The van der Waals surface area contributed by atoms with E-state index in [0.717, 1.165) is 41.0 Å². The fourth-order valence-corrected chi connectivity index (χ4v) is 3.77. The van der Waals surface area contributed by atoms with Gasteiger partial charge in [0.2, 0.25) is 5.89 Å². The fraction of sp³-hybridized carbons (Fsp3) is 0.500. The lowest BCUT2D eigenvalue weighted by Crippen LogP contribution is -2.17. The molecule has 36 heavy (non-hydrogen) atoms. The molecule has 0 unspecified atom stereocenters. The van der Waals surface area contributed by atoms with E-state index in [1.165, 1.54) is 5.56 Å². The van der Waals surface area contributed by atoms with Gasteiger partial charge in [-0.05, 0) is 61.2 Å². The molecule has 200 valence electrons. The lowest BCUT2D eigenvalue weighted by atomic mass is 9.78. The highest BCUT2D eigenvalue weighted by Crippen LogP contribution is 2.41. The summed E-state index contributed by atoms with van der Waals surface area (Å²) < 4.78 is 11.7. The largest absolute Gasteiger partial charge is 0.507 e. The Morgan fingerprint density at radius 1 is 0.917 bits per heavy atom. The van der Waals surface area contributed by atoms with Gasteiger partial charge in [-0.1, -0.05) is 67.0 Å². The number of nitrogens with zero attached hydrogens (tertiary/aromatic N) is 1. The van der Waals surface area contributed by atoms with Crippen LogP contribution in [0, 0.1) is 0 Å². The van der Waals surface area contributed by atoms with Crippen molar-refractivity contribution in [3.05, 3.63) is 65.0 Å². The van der Waals surface area contributed by atoms with E-state index in [2.05, 4.69) is 65.9 Å². The van der Waals surface area contributed by atoms with Crippen LogP contribution in [0.25, 0.3) is 11.5 Å². The average molecular weight is 517 g/mol. The topological polar surface area (TPSA) is 67.5 Å². The number of aryl methyl sites for hydroxylation is 1. The van der Waals surface area contributed by atoms with Gasteiger partial charge >= 0.3 is 0 Å². The Hall–Kier alpha value is -2.50. The number of halogens is 1. The molecule has 5 nitrogen and oxygen atoms in total. The van der Waals surface area contributed by atoms with Crippen LogP contribution in [0.4, 0.5) is 0 Å². The quantitative estimate of drug-likeness (QED) is 0.341. The molecule has 0 aliphatic heterocycles. The van der Waals surface area contributed by atoms with Gasteiger partial charge in [-0.2, -0.15) is 0 Å². The summed E-state index contributed by atoms with van der Waals surface area (Å²) in [6.07, 6.45) is 4.59. The van der Waals surface area contributed by atoms with Crippen LogP contribution in [0.3, 0.4) is 0 Å². The first kappa shape index (κ1) is 31.5. The van der Waals surface area contributed by atoms with Crippen LogP contribution >= 0.6 is 12.4 Å². The van der Waals surface area contributed by atoms with Gasteiger partial charge in [0.1, 0.15) is 17.8 Å². The van der Waals surface area contributed by atoms with Crippen molar-refractivity contribution in [3.63, 3.8) is 0 Å². The zero-order valence-corrected chi connectivity index (χ0v) is 24.3. The molecule has 0 spiro atoms. The van der Waals surface area contributed by atoms with Crippen molar-refractivity contribution in [2.24, 2.45) is 0 Å². The molecule has 0 amide bonds. The second-order valence-corrected chi connectivity index (χ2v) is 11.1. The highest BCUT2D eigenvalue weighted by atomic mass is 35.5. The second-order valence-electron chi connectivity index (χ2n) is 11.1. The van der Waals surface area contributed by atoms with Crippen molar-refractivity contribution in [1.29, 1.82) is 0 Å². The first-order valence-corrected chi connectivity index (χ1v) is 12.5. The van der Waals surface area contributed by atoms with Crippen molar-refractivity contribution in [2.75, 3.05) is 20.7 Å². The number of hydrogen-bond donors (Lipinski definition) is 2. The lowest BCUT2D eigenvalue weighted by molar-refractivity contribution is 0.320. The lowest BCUT2D eigenvalue weighted by Gasteiger charge is -2.27. The number of hydrogen-bond acceptors (Lipinski definition) is 5. The predicted octanol–water partition coefficient (Wildman–Crippen LogP) is 7.47. The Kier molecular flexibility index (Phi) is 12.0. The Balaban J connectivity index is 0.00000154. The molecule has 0 saturated carbocycles. The zero-order valence-electron chi connectivity index (χ0n) is 23.5. The minimum Gasteiger partial charge on any atom is -0.507 e. The van der Waals surface area contributed by atoms with Crippen molar-refractivity contribution in [2.45, 2.75) is 78.6 Å². The van der Waals surface area contributed by atoms with E-state index in [1.807, 2.05) is 38.4 Å². The van der Waals surface area contributed by atoms with Crippen molar-refractivity contribution in [3.8, 4) is 23.0 Å². The highest BCUT2D eigenvalue weighted by molar-refractivity contribution is 5.85. The summed E-state index contributed by atoms with van der Waals surface area (Å²) in [7, 11) is 3.75. The molecule has 3 aromatic rings. The van der Waals surface area contributed by atoms with Crippen LogP contribution in [0.2, 0.25) is 0 Å². The molecule has 0 aliphatic rings. The van der Waals surface area contributed by atoms with Gasteiger partial charge in [0, 0.05) is 23.1 Å². The van der Waals surface area contributed by atoms with Gasteiger partial charge in [-0.25, -0.2) is 4.98 Å². The predicted molar refractivity (Wildman–Crippen MR) is 153 cm³/mol. The van der Waals surface area contributed by atoms with E-state index in [9.17, 15) is 5.11 Å². The molecule has 0 radical (unpaired) electrons. The van der Waals surface area contributed by atoms with Gasteiger partial charge in [0.25, 0.3) is 0 Å². The Bertz CT molecular complexity index is 1030. The third kappa shape index (κ3) is 8.86. The molecule has 0 saturated heterocycles. The van der Waals surface area contributed by atoms with E-state index >= 15 is 0 Å². The smallest absolute Gasteiger partial charge is 0.226 e. The zero-order chi connectivity index (χ0) is 26.2. The number of oxazole rings is 1. The first-order chi connectivity index (χ1) is 16.4. The number of nitrogens with one attached hydrogen (secondary N) is 1. The molecular formula is C30H45ClN2O3. The maximum absolute atomic E-state index is 10.9. The Morgan fingerprint density at radius 3 is 1.92 bits per heavy atom. The van der Waals surface area contributed by atoms with Gasteiger partial charge in [-0.3, -0.25) is 0 Å². The summed E-state index contributed by atoms with van der Waals surface area (Å²) in [4.78, 5) is 4.70. The van der Waals surface area contributed by atoms with E-state index in [1.54, 1.807) is 6.26 Å². The monoisotopic (exact) mass is 516 g/mol. The van der Waals surface area contributed by atoms with Gasteiger partial charge in [-0.15, -0.1) is 12.4 Å². The molecule has 6 heteroatoms. The maximum atomic E-state index is 10.9. The van der Waals surface area contributed by atoms with Gasteiger partial charge < -0.3 is 19.6 Å². The summed E-state index contributed by atoms with van der Waals surface area (Å²) >= 11 is 0. The number of phenols is 1. The molecule has 1 aromatic heterocycles. The third-order valence-corrected chi connectivity index (χ3v) is 5.61. The molecule has 1 heterocycles. The second kappa shape index (κ2) is 13.7. The normalized spacial score (nSPS) is 11.4. The van der Waals surface area contributed by atoms with E-state index in [4.69, 9.17) is 14.1 Å². The SMILES string of the molecule is CCCc1ccc(OCCc2coc(-c3cc(C(C)(C)C)c(O)c(C(C)(C)C)c3)n2)cc1.CNC.Cl. The number of phenolic OH excluding ortho intramolecular Hbond substituents is 1. The van der Waals surface area contributed by atoms with Gasteiger partial charge in [0.15, 0.2) is 0 Å². The molecule has 2 N–H and O–H groups in total. The molecule has 0 aliphatic carbocycles. The summed E-state index contributed by atoms with van der Waals surface area (Å²) in [6.45, 7) is 15.3. The van der Waals surface area contributed by atoms with Crippen molar-refractivity contribution >= 4 is 12.4 Å². The van der Waals surface area contributed by atoms with Crippen LogP contribution in [0.1, 0.15) is 77.3 Å². The summed E-state index contributed by atoms with van der Waals surface area (Å²) in [6, 6.07) is 12.3. The maximum Gasteiger partial charge on any atom is 0.226 e. The van der Waals surface area contributed by atoms with Crippen LogP contribution < -0.4 is 10.1 Å². The highest BCUT2D eigenvalue weighted by Gasteiger charge is 2.27. The minimum absolute atomic E-state index is 0. The summed E-state index contributed by atoms with van der Waals surface area (Å²) in [5.74, 6) is 1.80. The third-order valence-electron chi connectivity index (χ3n) is 5.61. The van der Waals surface area contributed by atoms with Crippen molar-refractivity contribution < 1.29 is 14.3 Å². The van der Waals surface area contributed by atoms with E-state index in [-0.39, 0.29) is 23.2 Å². The van der Waals surface area contributed by atoms with Crippen LogP contribution in [-0.2, 0) is 23.7 Å². The molecular weight excluding hydrogens is 472 g/mol. The number of ether oxygens (including phenoxy) is 1. The van der Waals surface area contributed by atoms with E-state index < -0.39 is 0 Å². The number of aromatic hydroxyl groups is 1. The Labute approximate surface area is 224 Å². The number of rotatable bonds is 7. The Morgan fingerprint density at radius 2 is 1.44 bits per heavy atom. The minimum atomic E-state index is -0.198. The first-order valence-electron chi connectivity index (χ1n) is 12.5. The van der Waals surface area contributed by atoms with E-state index in [0.29, 0.717) is 24.7 Å². The molecule has 0 fully saturated rings. The molecule has 0 bridgehead atoms. The molecule has 3 rings (SSSR count). The number of benzene rings is 2. The van der Waals surface area contributed by atoms with Crippen LogP contribution in [0.15, 0.2) is 47.1 Å². The summed E-state index contributed by atoms with van der Waals surface area (Å²) in [5, 5.41) is 13.7. The van der Waals surface area contributed by atoms with Crippen LogP contribution in [0.5, 0.6) is 11.5 Å². The standard InChI is InChI=1S/C28H37NO3.C2H7N.ClH/c1-8-9-19-10-12-22(13-11-19)31-15-14-21-18-32-26(29-21)20-16-23(27(2,3)4)25(30)24(17-20)28(5,6)7;1-3-2;/h10-13,16-18,30H,8-9,14-15H2,1-7H3;3H,1-2H3;1H. The van der Waals surface area contributed by atoms with Crippen molar-refractivity contribution in [1.82, 2.24) is 10.3 Å². The molecule has 2 aromatic carbocycles. The average Bonchev–Trinajstić information content (AvgIpc) is 3.23.